The van der Waals surface area contributed by atoms with Crippen LogP contribution in [-0.2, 0) is 0 Å². The Balaban J connectivity index is 2.03. The first-order valence-corrected chi connectivity index (χ1v) is 5.64. The molecule has 0 aliphatic heterocycles. The van der Waals surface area contributed by atoms with E-state index in [0.717, 1.165) is 11.6 Å². The maximum atomic E-state index is 11.9. The van der Waals surface area contributed by atoms with Crippen LogP contribution in [0.5, 0.6) is 0 Å². The minimum absolute atomic E-state index is 0.170. The first-order chi connectivity index (χ1) is 8.70. The third-order valence-electron chi connectivity index (χ3n) is 2.56. The molecule has 0 aromatic carbocycles. The lowest BCUT2D eigenvalue weighted by Gasteiger charge is -2.11. The fourth-order valence-electron chi connectivity index (χ4n) is 1.54. The highest BCUT2D eigenvalue weighted by molar-refractivity contribution is 5.94. The minimum Gasteiger partial charge on any atom is -0.373 e. The fourth-order valence-corrected chi connectivity index (χ4v) is 1.54. The molecule has 2 aromatic heterocycles. The van der Waals surface area contributed by atoms with Crippen LogP contribution in [0.25, 0.3) is 0 Å². The molecule has 0 saturated carbocycles. The molecular weight excluding hydrogens is 230 g/mol. The van der Waals surface area contributed by atoms with Crippen LogP contribution in [0, 0.1) is 0 Å². The van der Waals surface area contributed by atoms with Crippen LogP contribution in [0.1, 0.15) is 29.1 Å². The predicted octanol–water partition coefficient (Wildman–Crippen LogP) is 1.34. The van der Waals surface area contributed by atoms with Gasteiger partial charge in [0.25, 0.3) is 5.91 Å². The average molecular weight is 245 g/mol. The minimum atomic E-state index is -0.172. The summed E-state index contributed by atoms with van der Waals surface area (Å²) in [6.45, 7) is 1.87. The fraction of sp³-hybridized carbons (Fsp3) is 0.250. The van der Waals surface area contributed by atoms with Gasteiger partial charge < -0.3 is 15.6 Å². The molecule has 2 heterocycles. The molecule has 0 aliphatic carbocycles. The average Bonchev–Trinajstić information content (AvgIpc) is 2.92. The number of nitrogens with one attached hydrogen (secondary N) is 3. The highest BCUT2D eigenvalue weighted by Gasteiger charge is 2.13. The van der Waals surface area contributed by atoms with Gasteiger partial charge in [0.2, 0.25) is 0 Å². The standard InChI is InChI=1S/C12H15N5O/c1-8(11-14-5-6-15-11)17-12(18)9-3-4-10(13-2)16-7-9/h3-8H,1-2H3,(H,13,16)(H,14,15)(H,17,18). The first kappa shape index (κ1) is 12.1. The molecule has 0 spiro atoms. The number of pyridine rings is 1. The van der Waals surface area contributed by atoms with E-state index in [2.05, 4.69) is 25.6 Å². The zero-order chi connectivity index (χ0) is 13.0. The molecule has 2 rings (SSSR count). The van der Waals surface area contributed by atoms with Gasteiger partial charge >= 0.3 is 0 Å². The van der Waals surface area contributed by atoms with Crippen molar-refractivity contribution in [3.63, 3.8) is 0 Å². The summed E-state index contributed by atoms with van der Waals surface area (Å²) < 4.78 is 0. The van der Waals surface area contributed by atoms with E-state index in [4.69, 9.17) is 0 Å². The molecule has 0 aliphatic rings. The lowest BCUT2D eigenvalue weighted by Crippen LogP contribution is -2.27. The van der Waals surface area contributed by atoms with Gasteiger partial charge in [-0.25, -0.2) is 9.97 Å². The van der Waals surface area contributed by atoms with Crippen molar-refractivity contribution in [2.75, 3.05) is 12.4 Å². The maximum absolute atomic E-state index is 11.9. The Morgan fingerprint density at radius 2 is 2.22 bits per heavy atom. The van der Waals surface area contributed by atoms with Gasteiger partial charge in [-0.3, -0.25) is 4.79 Å². The molecule has 0 fully saturated rings. The van der Waals surface area contributed by atoms with Gasteiger partial charge in [0.15, 0.2) is 0 Å². The topological polar surface area (TPSA) is 82.7 Å². The molecule has 1 amide bonds. The van der Waals surface area contributed by atoms with Crippen LogP contribution >= 0.6 is 0 Å². The van der Waals surface area contributed by atoms with Gasteiger partial charge in [0, 0.05) is 25.6 Å². The Bertz CT molecular complexity index is 506. The van der Waals surface area contributed by atoms with E-state index in [-0.39, 0.29) is 11.9 Å². The molecule has 3 N–H and O–H groups in total. The normalized spacial score (nSPS) is 11.9. The SMILES string of the molecule is CNc1ccc(C(=O)NC(C)c2ncc[nH]2)cn1. The summed E-state index contributed by atoms with van der Waals surface area (Å²) in [4.78, 5) is 23.1. The van der Waals surface area contributed by atoms with Crippen molar-refractivity contribution in [1.82, 2.24) is 20.3 Å². The van der Waals surface area contributed by atoms with Gasteiger partial charge in [-0.2, -0.15) is 0 Å². The smallest absolute Gasteiger partial charge is 0.253 e. The Morgan fingerprint density at radius 3 is 2.78 bits per heavy atom. The number of hydrogen-bond acceptors (Lipinski definition) is 4. The zero-order valence-corrected chi connectivity index (χ0v) is 10.3. The van der Waals surface area contributed by atoms with Crippen LogP contribution in [0.2, 0.25) is 0 Å². The van der Waals surface area contributed by atoms with E-state index < -0.39 is 0 Å². The maximum Gasteiger partial charge on any atom is 0.253 e. The number of hydrogen-bond donors (Lipinski definition) is 3. The summed E-state index contributed by atoms with van der Waals surface area (Å²) in [6.07, 6.45) is 4.92. The van der Waals surface area contributed by atoms with Crippen molar-refractivity contribution in [3.8, 4) is 0 Å². The Labute approximate surface area is 105 Å². The molecule has 0 saturated heterocycles. The summed E-state index contributed by atoms with van der Waals surface area (Å²) in [5, 5.41) is 5.74. The summed E-state index contributed by atoms with van der Waals surface area (Å²) in [5.74, 6) is 1.28. The van der Waals surface area contributed by atoms with Crippen LogP contribution in [-0.4, -0.2) is 27.9 Å². The predicted molar refractivity (Wildman–Crippen MR) is 68.3 cm³/mol. The number of rotatable bonds is 4. The van der Waals surface area contributed by atoms with E-state index in [9.17, 15) is 4.79 Å². The van der Waals surface area contributed by atoms with Crippen LogP contribution in [0.15, 0.2) is 30.7 Å². The molecule has 6 nitrogen and oxygen atoms in total. The molecule has 18 heavy (non-hydrogen) atoms. The van der Waals surface area contributed by atoms with Gasteiger partial charge in [-0.1, -0.05) is 0 Å². The van der Waals surface area contributed by atoms with Crippen molar-refractivity contribution in [1.29, 1.82) is 0 Å². The Hall–Kier alpha value is -2.37. The number of aromatic amines is 1. The second kappa shape index (κ2) is 5.31. The monoisotopic (exact) mass is 245 g/mol. The highest BCUT2D eigenvalue weighted by atomic mass is 16.1. The molecule has 0 bridgehead atoms. The number of amides is 1. The summed E-state index contributed by atoms with van der Waals surface area (Å²) in [5.41, 5.74) is 0.521. The molecular formula is C12H15N5O. The highest BCUT2D eigenvalue weighted by Crippen LogP contribution is 2.08. The Kier molecular flexibility index (Phi) is 3.57. The summed E-state index contributed by atoms with van der Waals surface area (Å²) in [7, 11) is 1.78. The van der Waals surface area contributed by atoms with E-state index in [1.165, 1.54) is 6.20 Å². The van der Waals surface area contributed by atoms with Crippen LogP contribution in [0.4, 0.5) is 5.82 Å². The van der Waals surface area contributed by atoms with Crippen molar-refractivity contribution in [2.45, 2.75) is 13.0 Å². The first-order valence-electron chi connectivity index (χ1n) is 5.64. The third-order valence-corrected chi connectivity index (χ3v) is 2.56. The van der Waals surface area contributed by atoms with E-state index in [1.807, 2.05) is 6.92 Å². The van der Waals surface area contributed by atoms with Crippen molar-refractivity contribution in [3.05, 3.63) is 42.1 Å². The van der Waals surface area contributed by atoms with Gasteiger partial charge in [0.05, 0.1) is 11.6 Å². The number of H-pyrrole nitrogens is 1. The van der Waals surface area contributed by atoms with Gasteiger partial charge in [-0.15, -0.1) is 0 Å². The van der Waals surface area contributed by atoms with Crippen LogP contribution in [0.3, 0.4) is 0 Å². The molecule has 6 heteroatoms. The quantitative estimate of drug-likeness (QED) is 0.759. The summed E-state index contributed by atoms with van der Waals surface area (Å²) in [6, 6.07) is 3.31. The number of imidazole rings is 1. The second-order valence-electron chi connectivity index (χ2n) is 3.85. The van der Waals surface area contributed by atoms with E-state index in [1.54, 1.807) is 31.6 Å². The number of anilines is 1. The lowest BCUT2D eigenvalue weighted by atomic mass is 10.2. The number of carbonyl (C=O) groups excluding carboxylic acids is 1. The van der Waals surface area contributed by atoms with Crippen molar-refractivity contribution < 1.29 is 4.79 Å². The molecule has 1 unspecified atom stereocenters. The largest absolute Gasteiger partial charge is 0.373 e. The van der Waals surface area contributed by atoms with Gasteiger partial charge in [0.1, 0.15) is 11.6 Å². The second-order valence-corrected chi connectivity index (χ2v) is 3.85. The molecule has 0 radical (unpaired) electrons. The number of aromatic nitrogens is 3. The molecule has 94 valence electrons. The number of nitrogens with zero attached hydrogens (tertiary/aromatic N) is 2. The van der Waals surface area contributed by atoms with Crippen LogP contribution < -0.4 is 10.6 Å². The van der Waals surface area contributed by atoms with Gasteiger partial charge in [-0.05, 0) is 19.1 Å². The Morgan fingerprint density at radius 1 is 1.39 bits per heavy atom. The van der Waals surface area contributed by atoms with E-state index >= 15 is 0 Å². The molecule has 2 aromatic rings. The number of carbonyl (C=O) groups is 1. The summed E-state index contributed by atoms with van der Waals surface area (Å²) >= 11 is 0. The van der Waals surface area contributed by atoms with Crippen molar-refractivity contribution >= 4 is 11.7 Å². The molecule has 1 atom stereocenters. The van der Waals surface area contributed by atoms with E-state index in [0.29, 0.717) is 5.56 Å². The van der Waals surface area contributed by atoms with Crippen molar-refractivity contribution in [2.24, 2.45) is 0 Å². The lowest BCUT2D eigenvalue weighted by molar-refractivity contribution is 0.0938. The third kappa shape index (κ3) is 2.65. The zero-order valence-electron chi connectivity index (χ0n) is 10.3.